The maximum atomic E-state index is 7.88. The first kappa shape index (κ1) is 37.2. The van der Waals surface area contributed by atoms with Gasteiger partial charge in [0.05, 0.1) is 0 Å². The predicted molar refractivity (Wildman–Crippen MR) is 90.5 cm³/mol. The number of aliphatic hydroxyl groups is 5. The summed E-state index contributed by atoms with van der Waals surface area (Å²) < 4.78 is 0. The molecule has 6 heteroatoms. The zero-order chi connectivity index (χ0) is 17.1. The lowest BCUT2D eigenvalue weighted by atomic mass is 10.5. The molecule has 0 aliphatic carbocycles. The number of aliphatic hydroxyl groups excluding tert-OH is 5. The summed E-state index contributed by atoms with van der Waals surface area (Å²) in [5.41, 5.74) is 0. The van der Waals surface area contributed by atoms with E-state index in [9.17, 15) is 0 Å². The van der Waals surface area contributed by atoms with Crippen molar-refractivity contribution in [2.45, 2.75) is 66.7 Å². The van der Waals surface area contributed by atoms with Crippen molar-refractivity contribution in [1.29, 1.82) is 0 Å². The Morgan fingerprint density at radius 1 is 0.381 bits per heavy atom. The van der Waals surface area contributed by atoms with Crippen molar-refractivity contribution in [2.24, 2.45) is 0 Å². The van der Waals surface area contributed by atoms with Gasteiger partial charge in [0.25, 0.3) is 0 Å². The van der Waals surface area contributed by atoms with Crippen LogP contribution < -0.4 is 0 Å². The lowest BCUT2D eigenvalue weighted by Crippen LogP contribution is -1.69. The van der Waals surface area contributed by atoms with Gasteiger partial charge < -0.3 is 31.0 Å². The Bertz CT molecular complexity index is 51.3. The lowest BCUT2D eigenvalue weighted by molar-refractivity contribution is 0.294. The SMILES string of the molecule is CCCO.CCCO.CCCO.CCCO.CCCO.O. The van der Waals surface area contributed by atoms with Crippen LogP contribution in [0.15, 0.2) is 0 Å². The zero-order valence-corrected chi connectivity index (χ0v) is 14.8. The quantitative estimate of drug-likeness (QED) is 0.518. The molecule has 0 aromatic rings. The molecular formula is C15H42O6. The molecule has 0 fully saturated rings. The Balaban J connectivity index is -0.0000000331. The van der Waals surface area contributed by atoms with E-state index < -0.39 is 0 Å². The molecule has 0 saturated carbocycles. The normalized spacial score (nSPS) is 7.14. The average molecular weight is 318 g/mol. The molecule has 7 N–H and O–H groups in total. The van der Waals surface area contributed by atoms with Gasteiger partial charge in [0.2, 0.25) is 0 Å². The molecule has 0 saturated heterocycles. The highest BCUT2D eigenvalue weighted by Gasteiger charge is 1.58. The highest BCUT2D eigenvalue weighted by molar-refractivity contribution is 4.11. The van der Waals surface area contributed by atoms with Crippen molar-refractivity contribution < 1.29 is 31.0 Å². The summed E-state index contributed by atoms with van der Waals surface area (Å²) in [5.74, 6) is 0. The van der Waals surface area contributed by atoms with Gasteiger partial charge in [0.15, 0.2) is 0 Å². The molecule has 6 nitrogen and oxygen atoms in total. The van der Waals surface area contributed by atoms with E-state index in [-0.39, 0.29) is 5.48 Å². The van der Waals surface area contributed by atoms with E-state index in [4.69, 9.17) is 25.5 Å². The molecule has 0 aromatic heterocycles. The van der Waals surface area contributed by atoms with Crippen LogP contribution in [0.25, 0.3) is 0 Å². The summed E-state index contributed by atoms with van der Waals surface area (Å²) in [6.45, 7) is 11.2. The average Bonchev–Trinajstić information content (AvgIpc) is 2.55. The Morgan fingerprint density at radius 3 is 0.429 bits per heavy atom. The van der Waals surface area contributed by atoms with Crippen LogP contribution in [0.2, 0.25) is 0 Å². The molecule has 0 heterocycles. The molecule has 138 valence electrons. The summed E-state index contributed by atoms with van der Waals surface area (Å²) >= 11 is 0. The third kappa shape index (κ3) is 275. The molecule has 0 unspecified atom stereocenters. The highest BCUT2D eigenvalue weighted by Crippen LogP contribution is 1.62. The summed E-state index contributed by atoms with van der Waals surface area (Å²) in [5, 5.41) is 39.4. The van der Waals surface area contributed by atoms with Gasteiger partial charge in [0, 0.05) is 33.0 Å². The molecule has 0 bridgehead atoms. The standard InChI is InChI=1S/5C3H8O.H2O/c5*1-2-3-4;/h5*4H,2-3H2,1H3;1H2. The largest absolute Gasteiger partial charge is 0.412 e. The third-order valence-electron chi connectivity index (χ3n) is 1.12. The van der Waals surface area contributed by atoms with Crippen molar-refractivity contribution >= 4 is 0 Å². The van der Waals surface area contributed by atoms with Crippen LogP contribution in [0.3, 0.4) is 0 Å². The van der Waals surface area contributed by atoms with Crippen LogP contribution in [0.4, 0.5) is 0 Å². The first-order chi connectivity index (χ1) is 9.57. The molecule has 0 radical (unpaired) electrons. The molecule has 0 atom stereocenters. The maximum Gasteiger partial charge on any atom is 0.0428 e. The van der Waals surface area contributed by atoms with Gasteiger partial charge in [-0.3, -0.25) is 0 Å². The van der Waals surface area contributed by atoms with E-state index in [1.165, 1.54) is 0 Å². The van der Waals surface area contributed by atoms with Gasteiger partial charge in [0.1, 0.15) is 0 Å². The summed E-state index contributed by atoms with van der Waals surface area (Å²) in [6.07, 6.45) is 4.38. The smallest absolute Gasteiger partial charge is 0.0428 e. The second kappa shape index (κ2) is 73.0. The first-order valence-electron chi connectivity index (χ1n) is 7.62. The fraction of sp³-hybridized carbons (Fsp3) is 1.00. The number of rotatable bonds is 5. The van der Waals surface area contributed by atoms with Gasteiger partial charge >= 0.3 is 0 Å². The topological polar surface area (TPSA) is 133 Å². The first-order valence-corrected chi connectivity index (χ1v) is 7.62. The molecule has 0 aliphatic rings. The van der Waals surface area contributed by atoms with Crippen molar-refractivity contribution in [2.75, 3.05) is 33.0 Å². The summed E-state index contributed by atoms with van der Waals surface area (Å²) in [6, 6.07) is 0. The Kier molecular flexibility index (Phi) is 129. The van der Waals surface area contributed by atoms with E-state index >= 15 is 0 Å². The van der Waals surface area contributed by atoms with Crippen molar-refractivity contribution in [3.05, 3.63) is 0 Å². The van der Waals surface area contributed by atoms with Crippen LogP contribution in [0.5, 0.6) is 0 Å². The summed E-state index contributed by atoms with van der Waals surface area (Å²) in [4.78, 5) is 0. The molecular weight excluding hydrogens is 276 g/mol. The molecule has 0 rings (SSSR count). The van der Waals surface area contributed by atoms with E-state index in [2.05, 4.69) is 0 Å². The minimum absolute atomic E-state index is 0. The third-order valence-corrected chi connectivity index (χ3v) is 1.12. The minimum Gasteiger partial charge on any atom is -0.412 e. The highest BCUT2D eigenvalue weighted by atomic mass is 16.3. The van der Waals surface area contributed by atoms with E-state index in [1.54, 1.807) is 0 Å². The van der Waals surface area contributed by atoms with Crippen LogP contribution in [-0.4, -0.2) is 64.0 Å². The van der Waals surface area contributed by atoms with Gasteiger partial charge in [-0.15, -0.1) is 0 Å². The van der Waals surface area contributed by atoms with E-state index in [0.29, 0.717) is 33.0 Å². The predicted octanol–water partition coefficient (Wildman–Crippen LogP) is 1.12. The second-order valence-corrected chi connectivity index (χ2v) is 3.62. The van der Waals surface area contributed by atoms with Crippen molar-refractivity contribution in [3.63, 3.8) is 0 Å². The van der Waals surface area contributed by atoms with E-state index in [1.807, 2.05) is 34.6 Å². The van der Waals surface area contributed by atoms with Crippen LogP contribution in [0, 0.1) is 0 Å². The fourth-order valence-corrected chi connectivity index (χ4v) is 0. The fourth-order valence-electron chi connectivity index (χ4n) is 0. The minimum atomic E-state index is 0. The lowest BCUT2D eigenvalue weighted by Gasteiger charge is -1.69. The molecule has 0 aromatic carbocycles. The molecule has 0 spiro atoms. The van der Waals surface area contributed by atoms with Gasteiger partial charge in [-0.1, -0.05) is 34.6 Å². The van der Waals surface area contributed by atoms with Crippen LogP contribution in [-0.2, 0) is 0 Å². The second-order valence-electron chi connectivity index (χ2n) is 3.62. The Hall–Kier alpha value is -0.240. The molecule has 21 heavy (non-hydrogen) atoms. The maximum absolute atomic E-state index is 7.88. The monoisotopic (exact) mass is 318 g/mol. The van der Waals surface area contributed by atoms with Crippen LogP contribution in [0.1, 0.15) is 66.7 Å². The van der Waals surface area contributed by atoms with Crippen molar-refractivity contribution in [1.82, 2.24) is 0 Å². The Morgan fingerprint density at radius 2 is 0.429 bits per heavy atom. The Labute approximate surface area is 131 Å². The van der Waals surface area contributed by atoms with Gasteiger partial charge in [-0.2, -0.15) is 0 Å². The summed E-state index contributed by atoms with van der Waals surface area (Å²) in [7, 11) is 0. The molecule has 0 amide bonds. The van der Waals surface area contributed by atoms with Gasteiger partial charge in [-0.05, 0) is 32.1 Å². The van der Waals surface area contributed by atoms with Gasteiger partial charge in [-0.25, -0.2) is 0 Å². The number of hydrogen-bond donors (Lipinski definition) is 5. The molecule has 0 aliphatic heterocycles. The number of hydrogen-bond acceptors (Lipinski definition) is 5. The van der Waals surface area contributed by atoms with E-state index in [0.717, 1.165) is 32.1 Å². The van der Waals surface area contributed by atoms with Crippen LogP contribution >= 0.6 is 0 Å². The van der Waals surface area contributed by atoms with Crippen molar-refractivity contribution in [3.8, 4) is 0 Å². The zero-order valence-electron chi connectivity index (χ0n) is 14.8.